The lowest BCUT2D eigenvalue weighted by Gasteiger charge is -2.27. The summed E-state index contributed by atoms with van der Waals surface area (Å²) in [6, 6.07) is 6.71. The van der Waals surface area contributed by atoms with E-state index >= 15 is 0 Å². The Kier molecular flexibility index (Phi) is 3.76. The maximum absolute atomic E-state index is 5.99. The Morgan fingerprint density at radius 2 is 2.26 bits per heavy atom. The lowest BCUT2D eigenvalue weighted by molar-refractivity contribution is -0.0134. The van der Waals surface area contributed by atoms with Crippen molar-refractivity contribution in [2.24, 2.45) is 5.73 Å². The van der Waals surface area contributed by atoms with E-state index in [9.17, 15) is 0 Å². The van der Waals surface area contributed by atoms with Crippen LogP contribution in [0, 0.1) is 6.92 Å². The van der Waals surface area contributed by atoms with Crippen LogP contribution in [0.2, 0.25) is 0 Å². The fourth-order valence-electron chi connectivity index (χ4n) is 3.12. The molecule has 1 aromatic carbocycles. The van der Waals surface area contributed by atoms with Gasteiger partial charge in [-0.3, -0.25) is 0 Å². The lowest BCUT2D eigenvalue weighted by atomic mass is 9.93. The van der Waals surface area contributed by atoms with E-state index in [0.29, 0.717) is 18.8 Å². The SMILES string of the molecule is Cc1ccc2c(c1)CC(COC1CCCC(N)C1)O2. The third kappa shape index (κ3) is 3.10. The van der Waals surface area contributed by atoms with Crippen molar-refractivity contribution in [3.8, 4) is 5.75 Å². The number of fused-ring (bicyclic) bond motifs is 1. The molecule has 0 amide bonds. The molecule has 0 radical (unpaired) electrons. The van der Waals surface area contributed by atoms with Crippen LogP contribution >= 0.6 is 0 Å². The van der Waals surface area contributed by atoms with Crippen LogP contribution in [-0.4, -0.2) is 24.9 Å². The third-order valence-electron chi connectivity index (χ3n) is 4.14. The van der Waals surface area contributed by atoms with Gasteiger partial charge in [0.25, 0.3) is 0 Å². The van der Waals surface area contributed by atoms with Crippen molar-refractivity contribution in [2.75, 3.05) is 6.61 Å². The summed E-state index contributed by atoms with van der Waals surface area (Å²) in [7, 11) is 0. The second-order valence-electron chi connectivity index (χ2n) is 5.94. The molecule has 1 aliphatic heterocycles. The highest BCUT2D eigenvalue weighted by Crippen LogP contribution is 2.30. The fourth-order valence-corrected chi connectivity index (χ4v) is 3.12. The quantitative estimate of drug-likeness (QED) is 0.909. The van der Waals surface area contributed by atoms with E-state index in [1.54, 1.807) is 0 Å². The van der Waals surface area contributed by atoms with E-state index in [-0.39, 0.29) is 6.10 Å². The van der Waals surface area contributed by atoms with Crippen molar-refractivity contribution >= 4 is 0 Å². The van der Waals surface area contributed by atoms with Crippen molar-refractivity contribution in [1.29, 1.82) is 0 Å². The number of ether oxygens (including phenoxy) is 2. The molecular formula is C16H23NO2. The maximum Gasteiger partial charge on any atom is 0.126 e. The van der Waals surface area contributed by atoms with E-state index in [4.69, 9.17) is 15.2 Å². The van der Waals surface area contributed by atoms with Crippen molar-refractivity contribution in [1.82, 2.24) is 0 Å². The molecule has 1 fully saturated rings. The highest BCUT2D eigenvalue weighted by Gasteiger charge is 2.25. The minimum Gasteiger partial charge on any atom is -0.487 e. The molecule has 1 aliphatic carbocycles. The van der Waals surface area contributed by atoms with Crippen LogP contribution in [-0.2, 0) is 11.2 Å². The van der Waals surface area contributed by atoms with E-state index in [0.717, 1.165) is 31.4 Å². The first-order valence-electron chi connectivity index (χ1n) is 7.34. The molecule has 19 heavy (non-hydrogen) atoms. The number of nitrogens with two attached hydrogens (primary N) is 1. The second-order valence-corrected chi connectivity index (χ2v) is 5.94. The predicted molar refractivity (Wildman–Crippen MR) is 75.5 cm³/mol. The topological polar surface area (TPSA) is 44.5 Å². The normalized spacial score (nSPS) is 29.9. The molecule has 3 rings (SSSR count). The summed E-state index contributed by atoms with van der Waals surface area (Å²) >= 11 is 0. The first-order chi connectivity index (χ1) is 9.20. The van der Waals surface area contributed by atoms with Gasteiger partial charge in [0.05, 0.1) is 12.7 Å². The summed E-state index contributed by atoms with van der Waals surface area (Å²) < 4.78 is 11.9. The van der Waals surface area contributed by atoms with E-state index in [1.165, 1.54) is 17.5 Å². The summed E-state index contributed by atoms with van der Waals surface area (Å²) in [5.41, 5.74) is 8.59. The zero-order chi connectivity index (χ0) is 13.2. The number of hydrogen-bond acceptors (Lipinski definition) is 3. The van der Waals surface area contributed by atoms with Gasteiger partial charge in [-0.1, -0.05) is 17.7 Å². The molecule has 104 valence electrons. The third-order valence-corrected chi connectivity index (χ3v) is 4.14. The van der Waals surface area contributed by atoms with Gasteiger partial charge in [0.15, 0.2) is 0 Å². The largest absolute Gasteiger partial charge is 0.487 e. The molecule has 1 saturated carbocycles. The Morgan fingerprint density at radius 1 is 1.37 bits per heavy atom. The summed E-state index contributed by atoms with van der Waals surface area (Å²) in [5, 5.41) is 0. The molecule has 2 N–H and O–H groups in total. The highest BCUT2D eigenvalue weighted by atomic mass is 16.5. The lowest BCUT2D eigenvalue weighted by Crippen LogP contribution is -2.34. The van der Waals surface area contributed by atoms with Gasteiger partial charge in [0.2, 0.25) is 0 Å². The van der Waals surface area contributed by atoms with Crippen LogP contribution < -0.4 is 10.5 Å². The molecule has 0 saturated heterocycles. The highest BCUT2D eigenvalue weighted by molar-refractivity contribution is 5.40. The van der Waals surface area contributed by atoms with Crippen LogP contribution in [0.3, 0.4) is 0 Å². The van der Waals surface area contributed by atoms with E-state index in [1.807, 2.05) is 0 Å². The minimum atomic E-state index is 0.176. The monoisotopic (exact) mass is 261 g/mol. The fraction of sp³-hybridized carbons (Fsp3) is 0.625. The molecule has 3 heteroatoms. The molecule has 1 aromatic rings. The van der Waals surface area contributed by atoms with Gasteiger partial charge in [0.1, 0.15) is 11.9 Å². The summed E-state index contributed by atoms with van der Waals surface area (Å²) in [6.45, 7) is 2.80. The van der Waals surface area contributed by atoms with Crippen molar-refractivity contribution in [3.05, 3.63) is 29.3 Å². The second kappa shape index (κ2) is 5.51. The van der Waals surface area contributed by atoms with Gasteiger partial charge in [-0.25, -0.2) is 0 Å². The summed E-state index contributed by atoms with van der Waals surface area (Å²) in [4.78, 5) is 0. The summed E-state index contributed by atoms with van der Waals surface area (Å²) in [5.74, 6) is 1.03. The van der Waals surface area contributed by atoms with E-state index in [2.05, 4.69) is 25.1 Å². The van der Waals surface area contributed by atoms with Gasteiger partial charge < -0.3 is 15.2 Å². The van der Waals surface area contributed by atoms with E-state index < -0.39 is 0 Å². The number of benzene rings is 1. The van der Waals surface area contributed by atoms with Crippen LogP contribution in [0.1, 0.15) is 36.8 Å². The average molecular weight is 261 g/mol. The van der Waals surface area contributed by atoms with Crippen LogP contribution in [0.4, 0.5) is 0 Å². The number of rotatable bonds is 3. The molecule has 2 aliphatic rings. The Bertz CT molecular complexity index is 446. The molecule has 3 nitrogen and oxygen atoms in total. The van der Waals surface area contributed by atoms with Crippen molar-refractivity contribution in [2.45, 2.75) is 57.3 Å². The smallest absolute Gasteiger partial charge is 0.126 e. The molecule has 0 aromatic heterocycles. The Morgan fingerprint density at radius 3 is 3.11 bits per heavy atom. The predicted octanol–water partition coefficient (Wildman–Crippen LogP) is 2.59. The van der Waals surface area contributed by atoms with Gasteiger partial charge in [-0.2, -0.15) is 0 Å². The molecule has 3 atom stereocenters. The molecule has 3 unspecified atom stereocenters. The van der Waals surface area contributed by atoms with Gasteiger partial charge in [0, 0.05) is 12.5 Å². The van der Waals surface area contributed by atoms with Gasteiger partial charge in [-0.05, 0) is 44.2 Å². The molecule has 0 spiro atoms. The first kappa shape index (κ1) is 12.9. The van der Waals surface area contributed by atoms with Crippen LogP contribution in [0.25, 0.3) is 0 Å². The minimum absolute atomic E-state index is 0.176. The Hall–Kier alpha value is -1.06. The Labute approximate surface area is 115 Å². The number of aryl methyl sites for hydroxylation is 1. The Balaban J connectivity index is 1.50. The van der Waals surface area contributed by atoms with Crippen molar-refractivity contribution in [3.63, 3.8) is 0 Å². The first-order valence-corrected chi connectivity index (χ1v) is 7.34. The molecule has 0 bridgehead atoms. The zero-order valence-electron chi connectivity index (χ0n) is 11.6. The van der Waals surface area contributed by atoms with Gasteiger partial charge >= 0.3 is 0 Å². The zero-order valence-corrected chi connectivity index (χ0v) is 11.6. The molecular weight excluding hydrogens is 238 g/mol. The summed E-state index contributed by atoms with van der Waals surface area (Å²) in [6.07, 6.45) is 5.95. The standard InChI is InChI=1S/C16H23NO2/c1-11-5-6-16-12(7-11)8-15(19-16)10-18-14-4-2-3-13(17)9-14/h5-7,13-15H,2-4,8-10,17H2,1H3. The van der Waals surface area contributed by atoms with Crippen molar-refractivity contribution < 1.29 is 9.47 Å². The molecule has 1 heterocycles. The van der Waals surface area contributed by atoms with Crippen LogP contribution in [0.5, 0.6) is 5.75 Å². The number of hydrogen-bond donors (Lipinski definition) is 1. The average Bonchev–Trinajstić information content (AvgIpc) is 2.78. The maximum atomic E-state index is 5.99. The van der Waals surface area contributed by atoms with Gasteiger partial charge in [-0.15, -0.1) is 0 Å². The van der Waals surface area contributed by atoms with Crippen LogP contribution in [0.15, 0.2) is 18.2 Å².